The van der Waals surface area contributed by atoms with Gasteiger partial charge >= 0.3 is 35.2 Å². The normalized spacial score (nSPS) is 24.5. The molecular weight excluding hydrogens is 476 g/mol. The van der Waals surface area contributed by atoms with E-state index in [9.17, 15) is 74.5 Å². The minimum Gasteiger partial charge on any atom is -0.228 e. The Labute approximate surface area is 140 Å². The first-order valence-electron chi connectivity index (χ1n) is 5.66. The minimum absolute atomic E-state index is 0.498. The molecular formula is C8F16N2OS. The van der Waals surface area contributed by atoms with Crippen LogP contribution in [0.2, 0.25) is 0 Å². The molecule has 0 aromatic carbocycles. The summed E-state index contributed by atoms with van der Waals surface area (Å²) in [5.41, 5.74) is -9.41. The molecule has 166 valence electrons. The highest BCUT2D eigenvalue weighted by atomic mass is 32.3. The minimum atomic E-state index is -9.28. The average Bonchev–Trinajstić information content (AvgIpc) is 2.63. The molecule has 0 aromatic heterocycles. The molecule has 1 aliphatic rings. The zero-order valence-corrected chi connectivity index (χ0v) is 12.6. The molecule has 1 saturated heterocycles. The number of alkyl halides is 16. The monoisotopic (exact) mass is 476 g/mol. The summed E-state index contributed by atoms with van der Waals surface area (Å²) in [5, 5.41) is -13.7. The Morgan fingerprint density at radius 1 is 0.536 bits per heavy atom. The third-order valence-corrected chi connectivity index (χ3v) is 6.02. The molecule has 0 N–H and O–H groups in total. The van der Waals surface area contributed by atoms with Crippen molar-refractivity contribution in [3.8, 4) is 0 Å². The maximum atomic E-state index is 13.2. The molecule has 1 heterocycles. The number of nitrogens with zero attached hydrogens (tertiary/aromatic N) is 2. The molecule has 0 radical (unpaired) electrons. The van der Waals surface area contributed by atoms with E-state index in [1.54, 1.807) is 0 Å². The van der Waals surface area contributed by atoms with Gasteiger partial charge in [-0.25, -0.2) is 4.21 Å². The van der Waals surface area contributed by atoms with Gasteiger partial charge in [0.1, 0.15) is 0 Å². The smallest absolute Gasteiger partial charge is 0.228 e. The van der Waals surface area contributed by atoms with E-state index < -0.39 is 56.1 Å². The van der Waals surface area contributed by atoms with Gasteiger partial charge < -0.3 is 0 Å². The summed E-state index contributed by atoms with van der Waals surface area (Å²) in [4.78, 5) is 0. The first-order chi connectivity index (χ1) is 11.7. The number of hydrogen-bond donors (Lipinski definition) is 0. The van der Waals surface area contributed by atoms with Crippen molar-refractivity contribution in [3.63, 3.8) is 0 Å². The molecule has 0 aromatic rings. The fourth-order valence-electron chi connectivity index (χ4n) is 1.51. The first-order valence-corrected chi connectivity index (χ1v) is 7.54. The number of halogens is 16. The summed E-state index contributed by atoms with van der Waals surface area (Å²) in [6.45, 7) is 0. The molecule has 0 aliphatic carbocycles. The Bertz CT molecular complexity index is 691. The maximum Gasteiger partial charge on any atom is 0.439 e. The predicted octanol–water partition coefficient (Wildman–Crippen LogP) is 4.97. The van der Waals surface area contributed by atoms with Crippen molar-refractivity contribution < 1.29 is 74.5 Å². The highest BCUT2D eigenvalue weighted by molar-refractivity contribution is 8.26. The second-order valence-corrected chi connectivity index (χ2v) is 7.89. The van der Waals surface area contributed by atoms with E-state index in [-0.39, 0.29) is 0 Å². The Morgan fingerprint density at radius 2 is 0.714 bits per heavy atom. The maximum absolute atomic E-state index is 13.2. The standard InChI is InChI=1S/C8F16N2OS/c9-3(10,11)1(4(12,13)14)25-28(27,7(21,22)8(28,23)24)26-2(5(15,16)17)6(18,19)20. The molecule has 20 heteroatoms. The molecule has 1 fully saturated rings. The largest absolute Gasteiger partial charge is 0.439 e. The van der Waals surface area contributed by atoms with Crippen LogP contribution in [0.4, 0.5) is 70.2 Å². The summed E-state index contributed by atoms with van der Waals surface area (Å²) >= 11 is 0. The van der Waals surface area contributed by atoms with E-state index in [0.717, 1.165) is 0 Å². The van der Waals surface area contributed by atoms with Crippen molar-refractivity contribution in [2.75, 3.05) is 0 Å². The summed E-state index contributed by atoms with van der Waals surface area (Å²) in [6, 6.07) is 0. The Balaban J connectivity index is 4.15. The van der Waals surface area contributed by atoms with Gasteiger partial charge in [0, 0.05) is 0 Å². The molecule has 3 nitrogen and oxygen atoms in total. The van der Waals surface area contributed by atoms with E-state index in [0.29, 0.717) is 8.80 Å². The number of rotatable bonds is 2. The average molecular weight is 476 g/mol. The van der Waals surface area contributed by atoms with Gasteiger partial charge in [-0.05, 0) is 0 Å². The van der Waals surface area contributed by atoms with Gasteiger partial charge in [0.2, 0.25) is 20.9 Å². The van der Waals surface area contributed by atoms with Crippen molar-refractivity contribution >= 4 is 20.9 Å². The SMILES string of the molecule is O=S1(N=C(C(F)(F)F)C(F)(F)F)(N=C(C(F)(F)F)C(F)(F)F)C(F)(F)C1(F)F. The van der Waals surface area contributed by atoms with Gasteiger partial charge in [0.25, 0.3) is 0 Å². The highest BCUT2D eigenvalue weighted by Gasteiger charge is 3.05. The van der Waals surface area contributed by atoms with Crippen LogP contribution in [0, 0.1) is 0 Å². The molecule has 0 bridgehead atoms. The van der Waals surface area contributed by atoms with E-state index in [4.69, 9.17) is 0 Å². The van der Waals surface area contributed by atoms with Gasteiger partial charge in [-0.1, -0.05) is 0 Å². The second kappa shape index (κ2) is 5.49. The van der Waals surface area contributed by atoms with Gasteiger partial charge in [0.15, 0.2) is 0 Å². The molecule has 0 spiro atoms. The lowest BCUT2D eigenvalue weighted by atomic mass is 10.4. The summed E-state index contributed by atoms with van der Waals surface area (Å²) < 4.78 is 213. The lowest BCUT2D eigenvalue weighted by Gasteiger charge is -2.22. The van der Waals surface area contributed by atoms with E-state index in [2.05, 4.69) is 0 Å². The molecule has 28 heavy (non-hydrogen) atoms. The van der Waals surface area contributed by atoms with Gasteiger partial charge in [-0.15, -0.1) is 0 Å². The third kappa shape index (κ3) is 3.11. The Hall–Kier alpha value is -1.63. The van der Waals surface area contributed by atoms with Crippen molar-refractivity contribution in [3.05, 3.63) is 0 Å². The third-order valence-electron chi connectivity index (χ3n) is 2.82. The zero-order valence-electron chi connectivity index (χ0n) is 11.8. The first kappa shape index (κ1) is 24.4. The molecule has 0 amide bonds. The van der Waals surface area contributed by atoms with Gasteiger partial charge in [-0.2, -0.15) is 79.0 Å². The van der Waals surface area contributed by atoms with Crippen LogP contribution in [-0.4, -0.2) is 50.8 Å². The summed E-state index contributed by atoms with van der Waals surface area (Å²) in [7, 11) is -9.28. The fraction of sp³-hybridized carbons (Fsp3) is 0.750. The topological polar surface area (TPSA) is 41.8 Å². The molecule has 1 rings (SSSR count). The van der Waals surface area contributed by atoms with E-state index in [1.807, 2.05) is 0 Å². The van der Waals surface area contributed by atoms with Crippen LogP contribution in [0.3, 0.4) is 0 Å². The van der Waals surface area contributed by atoms with Crippen LogP contribution >= 0.6 is 0 Å². The lowest BCUT2D eigenvalue weighted by molar-refractivity contribution is -0.118. The summed E-state index contributed by atoms with van der Waals surface area (Å²) in [6.07, 6.45) is -28.2. The Kier molecular flexibility index (Phi) is 4.79. The lowest BCUT2D eigenvalue weighted by Crippen LogP contribution is -2.42. The fourth-order valence-corrected chi connectivity index (χ4v) is 4.21. The van der Waals surface area contributed by atoms with Crippen molar-refractivity contribution in [2.45, 2.75) is 35.2 Å². The van der Waals surface area contributed by atoms with Gasteiger partial charge in [0.05, 0.1) is 0 Å². The highest BCUT2D eigenvalue weighted by Crippen LogP contribution is 2.79. The van der Waals surface area contributed by atoms with Crippen molar-refractivity contribution in [2.24, 2.45) is 8.80 Å². The quantitative estimate of drug-likeness (QED) is 0.316. The van der Waals surface area contributed by atoms with Crippen LogP contribution in [0.1, 0.15) is 0 Å². The van der Waals surface area contributed by atoms with Crippen molar-refractivity contribution in [1.29, 1.82) is 0 Å². The van der Waals surface area contributed by atoms with Crippen molar-refractivity contribution in [1.82, 2.24) is 0 Å². The molecule has 0 unspecified atom stereocenters. The van der Waals surface area contributed by atoms with E-state index in [1.165, 1.54) is 0 Å². The summed E-state index contributed by atoms with van der Waals surface area (Å²) in [5.74, 6) is 0. The zero-order chi connectivity index (χ0) is 23.0. The Morgan fingerprint density at radius 3 is 0.821 bits per heavy atom. The number of hydrogen-bond acceptors (Lipinski definition) is 1. The van der Waals surface area contributed by atoms with Crippen LogP contribution in [0.25, 0.3) is 0 Å². The molecule has 1 aliphatic heterocycles. The van der Waals surface area contributed by atoms with Crippen LogP contribution in [-0.2, 0) is 9.44 Å². The van der Waals surface area contributed by atoms with Gasteiger partial charge in [-0.3, -0.25) is 0 Å². The predicted molar refractivity (Wildman–Crippen MR) is 57.1 cm³/mol. The van der Waals surface area contributed by atoms with E-state index >= 15 is 0 Å². The van der Waals surface area contributed by atoms with Crippen LogP contribution < -0.4 is 0 Å². The molecule has 0 atom stereocenters. The molecule has 0 saturated carbocycles. The van der Waals surface area contributed by atoms with Crippen LogP contribution in [0.5, 0.6) is 0 Å². The second-order valence-electron chi connectivity index (χ2n) is 4.77. The van der Waals surface area contributed by atoms with Crippen LogP contribution in [0.15, 0.2) is 8.80 Å².